The number of fused-ring (bicyclic) bond motifs is 1. The van der Waals surface area contributed by atoms with E-state index in [-0.39, 0.29) is 11.7 Å². The first-order valence-electron chi connectivity index (χ1n) is 6.40. The lowest BCUT2D eigenvalue weighted by Gasteiger charge is -2.39. The number of carbonyl (C=O) groups excluding carboxylic acids is 1. The minimum absolute atomic E-state index is 0.275. The molecule has 1 aliphatic heterocycles. The van der Waals surface area contributed by atoms with Gasteiger partial charge in [0.15, 0.2) is 0 Å². The number of anilines is 1. The second-order valence-electron chi connectivity index (χ2n) is 5.40. The van der Waals surface area contributed by atoms with Crippen LogP contribution in [0.5, 0.6) is 0 Å². The van der Waals surface area contributed by atoms with Crippen molar-refractivity contribution >= 4 is 11.8 Å². The van der Waals surface area contributed by atoms with Crippen molar-refractivity contribution < 1.29 is 9.53 Å². The summed E-state index contributed by atoms with van der Waals surface area (Å²) in [5.74, 6) is 1.09. The van der Waals surface area contributed by atoms with Gasteiger partial charge in [-0.3, -0.25) is 5.32 Å². The number of amides is 1. The van der Waals surface area contributed by atoms with Crippen LogP contribution in [0.3, 0.4) is 0 Å². The van der Waals surface area contributed by atoms with E-state index in [1.807, 2.05) is 18.2 Å². The first kappa shape index (κ1) is 9.51. The van der Waals surface area contributed by atoms with Crippen molar-refractivity contribution in [2.75, 3.05) is 5.32 Å². The minimum Gasteiger partial charge on any atom is -0.437 e. The summed E-state index contributed by atoms with van der Waals surface area (Å²) >= 11 is 0. The maximum atomic E-state index is 11.8. The molecule has 1 aromatic carbocycles. The van der Waals surface area contributed by atoms with Gasteiger partial charge in [0.1, 0.15) is 5.60 Å². The molecule has 4 rings (SSSR count). The molecule has 0 saturated heterocycles. The van der Waals surface area contributed by atoms with Crippen LogP contribution < -0.4 is 5.32 Å². The molecule has 0 aromatic heterocycles. The lowest BCUT2D eigenvalue weighted by molar-refractivity contribution is -0.0265. The Morgan fingerprint density at radius 2 is 1.76 bits per heavy atom. The number of cyclic esters (lactones) is 1. The molecule has 2 saturated carbocycles. The van der Waals surface area contributed by atoms with Gasteiger partial charge in [-0.05, 0) is 31.7 Å². The van der Waals surface area contributed by atoms with E-state index in [2.05, 4.69) is 11.4 Å². The van der Waals surface area contributed by atoms with Gasteiger partial charge < -0.3 is 4.74 Å². The Morgan fingerprint density at radius 3 is 2.41 bits per heavy atom. The molecule has 2 aliphatic carbocycles. The predicted octanol–water partition coefficient (Wildman–Crippen LogP) is 3.26. The molecule has 0 bridgehead atoms. The molecule has 1 N–H and O–H groups in total. The van der Waals surface area contributed by atoms with Crippen LogP contribution in [0, 0.1) is 11.8 Å². The molecule has 0 unspecified atom stereocenters. The van der Waals surface area contributed by atoms with E-state index in [1.54, 1.807) is 0 Å². The SMILES string of the molecule is O=C1Nc2ccccc2C(C2CC2)(C2CC2)O1. The molecule has 0 radical (unpaired) electrons. The van der Waals surface area contributed by atoms with Crippen LogP contribution in [0.15, 0.2) is 24.3 Å². The molecule has 3 heteroatoms. The van der Waals surface area contributed by atoms with Crippen molar-refractivity contribution in [1.29, 1.82) is 0 Å². The Hall–Kier alpha value is -1.51. The fraction of sp³-hybridized carbons (Fsp3) is 0.500. The van der Waals surface area contributed by atoms with Crippen molar-refractivity contribution in [2.45, 2.75) is 31.3 Å². The lowest BCUT2D eigenvalue weighted by atomic mass is 9.82. The maximum Gasteiger partial charge on any atom is 0.412 e. The van der Waals surface area contributed by atoms with E-state index < -0.39 is 0 Å². The van der Waals surface area contributed by atoms with Crippen LogP contribution in [0.25, 0.3) is 0 Å². The highest BCUT2D eigenvalue weighted by Gasteiger charge is 2.60. The van der Waals surface area contributed by atoms with Gasteiger partial charge in [0.05, 0.1) is 5.69 Å². The average molecular weight is 229 g/mol. The Kier molecular flexibility index (Phi) is 1.70. The molecule has 3 nitrogen and oxygen atoms in total. The van der Waals surface area contributed by atoms with Crippen LogP contribution in [-0.2, 0) is 10.3 Å². The van der Waals surface area contributed by atoms with E-state index in [0.29, 0.717) is 11.8 Å². The zero-order valence-electron chi connectivity index (χ0n) is 9.61. The number of ether oxygens (including phenoxy) is 1. The van der Waals surface area contributed by atoms with E-state index in [1.165, 1.54) is 31.2 Å². The number of carbonyl (C=O) groups is 1. The van der Waals surface area contributed by atoms with Crippen LogP contribution in [0.1, 0.15) is 31.2 Å². The number of hydrogen-bond acceptors (Lipinski definition) is 2. The largest absolute Gasteiger partial charge is 0.437 e. The van der Waals surface area contributed by atoms with E-state index >= 15 is 0 Å². The molecule has 2 fully saturated rings. The zero-order valence-corrected chi connectivity index (χ0v) is 9.61. The summed E-state index contributed by atoms with van der Waals surface area (Å²) in [6.45, 7) is 0. The summed E-state index contributed by atoms with van der Waals surface area (Å²) < 4.78 is 5.80. The van der Waals surface area contributed by atoms with E-state index in [9.17, 15) is 4.79 Å². The van der Waals surface area contributed by atoms with Crippen molar-refractivity contribution in [2.24, 2.45) is 11.8 Å². The predicted molar refractivity (Wildman–Crippen MR) is 63.7 cm³/mol. The highest BCUT2D eigenvalue weighted by atomic mass is 16.6. The van der Waals surface area contributed by atoms with Gasteiger partial charge in [-0.2, -0.15) is 0 Å². The second-order valence-corrected chi connectivity index (χ2v) is 5.40. The Labute approximate surface area is 100 Å². The number of rotatable bonds is 2. The molecule has 0 atom stereocenters. The first-order valence-corrected chi connectivity index (χ1v) is 6.40. The minimum atomic E-state index is -0.307. The van der Waals surface area contributed by atoms with Gasteiger partial charge in [0.2, 0.25) is 0 Å². The van der Waals surface area contributed by atoms with Crippen LogP contribution >= 0.6 is 0 Å². The topological polar surface area (TPSA) is 38.3 Å². The molecule has 17 heavy (non-hydrogen) atoms. The van der Waals surface area contributed by atoms with Gasteiger partial charge in [-0.1, -0.05) is 18.2 Å². The third kappa shape index (κ3) is 1.25. The van der Waals surface area contributed by atoms with Crippen LogP contribution in [0.2, 0.25) is 0 Å². The Bertz CT molecular complexity index is 477. The highest BCUT2D eigenvalue weighted by Crippen LogP contribution is 2.61. The number of para-hydroxylation sites is 1. The summed E-state index contributed by atoms with van der Waals surface area (Å²) in [7, 11) is 0. The van der Waals surface area contributed by atoms with Gasteiger partial charge in [0, 0.05) is 17.4 Å². The average Bonchev–Trinajstić information content (AvgIpc) is 3.17. The number of hydrogen-bond donors (Lipinski definition) is 1. The van der Waals surface area contributed by atoms with Gasteiger partial charge in [-0.25, -0.2) is 4.79 Å². The van der Waals surface area contributed by atoms with Gasteiger partial charge in [-0.15, -0.1) is 0 Å². The molecular weight excluding hydrogens is 214 g/mol. The zero-order chi connectivity index (χ0) is 11.5. The molecular formula is C14H15NO2. The number of benzene rings is 1. The summed E-state index contributed by atoms with van der Waals surface area (Å²) in [4.78, 5) is 11.8. The third-order valence-electron chi connectivity index (χ3n) is 4.21. The first-order chi connectivity index (χ1) is 8.30. The van der Waals surface area contributed by atoms with Crippen LogP contribution in [-0.4, -0.2) is 6.09 Å². The monoisotopic (exact) mass is 229 g/mol. The van der Waals surface area contributed by atoms with Gasteiger partial charge in [0.25, 0.3) is 0 Å². The summed E-state index contributed by atoms with van der Waals surface area (Å²) in [5, 5.41) is 2.82. The summed E-state index contributed by atoms with van der Waals surface area (Å²) in [6.07, 6.45) is 4.49. The summed E-state index contributed by atoms with van der Waals surface area (Å²) in [5.41, 5.74) is 1.84. The summed E-state index contributed by atoms with van der Waals surface area (Å²) in [6, 6.07) is 8.11. The van der Waals surface area contributed by atoms with Crippen molar-refractivity contribution in [1.82, 2.24) is 0 Å². The number of nitrogens with one attached hydrogen (secondary N) is 1. The smallest absolute Gasteiger partial charge is 0.412 e. The van der Waals surface area contributed by atoms with Crippen molar-refractivity contribution in [3.63, 3.8) is 0 Å². The Morgan fingerprint density at radius 1 is 1.12 bits per heavy atom. The second kappa shape index (κ2) is 3.03. The van der Waals surface area contributed by atoms with Crippen LogP contribution in [0.4, 0.5) is 10.5 Å². The van der Waals surface area contributed by atoms with Gasteiger partial charge >= 0.3 is 6.09 Å². The molecule has 1 aromatic rings. The van der Waals surface area contributed by atoms with Crippen molar-refractivity contribution in [3.8, 4) is 0 Å². The quantitative estimate of drug-likeness (QED) is 0.845. The molecule has 3 aliphatic rings. The van der Waals surface area contributed by atoms with E-state index in [4.69, 9.17) is 4.74 Å². The normalized spacial score (nSPS) is 25.8. The standard InChI is InChI=1S/C14H15NO2/c16-13-15-12-4-2-1-3-11(12)14(17-13,9-5-6-9)10-7-8-10/h1-4,9-10H,5-8H2,(H,15,16). The molecule has 88 valence electrons. The van der Waals surface area contributed by atoms with E-state index in [0.717, 1.165) is 5.69 Å². The Balaban J connectivity index is 1.91. The maximum absolute atomic E-state index is 11.8. The molecule has 0 spiro atoms. The fourth-order valence-electron chi connectivity index (χ4n) is 3.24. The third-order valence-corrected chi connectivity index (χ3v) is 4.21. The molecule has 1 amide bonds. The van der Waals surface area contributed by atoms with Crippen molar-refractivity contribution in [3.05, 3.63) is 29.8 Å². The lowest BCUT2D eigenvalue weighted by Crippen LogP contribution is -2.43. The highest BCUT2D eigenvalue weighted by molar-refractivity contribution is 5.89. The fourth-order valence-corrected chi connectivity index (χ4v) is 3.24. The molecule has 1 heterocycles.